The van der Waals surface area contributed by atoms with Crippen molar-refractivity contribution in [3.63, 3.8) is 0 Å². The summed E-state index contributed by atoms with van der Waals surface area (Å²) in [6, 6.07) is 7.83. The van der Waals surface area contributed by atoms with E-state index in [0.29, 0.717) is 13.0 Å². The van der Waals surface area contributed by atoms with E-state index < -0.39 is 0 Å². The monoisotopic (exact) mass is 250 g/mol. The first-order chi connectivity index (χ1) is 8.61. The first-order valence-corrected chi connectivity index (χ1v) is 6.27. The van der Waals surface area contributed by atoms with E-state index in [-0.39, 0.29) is 11.9 Å². The molecule has 0 saturated carbocycles. The number of carbonyl (C=O) groups excluding carboxylic acids is 1. The van der Waals surface area contributed by atoms with Gasteiger partial charge in [-0.25, -0.2) is 0 Å². The second kappa shape index (κ2) is 7.71. The summed E-state index contributed by atoms with van der Waals surface area (Å²) >= 11 is 0. The van der Waals surface area contributed by atoms with Gasteiger partial charge in [-0.15, -0.1) is 0 Å². The molecular weight excluding hydrogens is 228 g/mol. The van der Waals surface area contributed by atoms with Crippen LogP contribution in [-0.4, -0.2) is 19.1 Å². The van der Waals surface area contributed by atoms with Crippen molar-refractivity contribution >= 4 is 5.91 Å². The molecule has 1 amide bonds. The molecule has 1 aromatic carbocycles. The second-order valence-corrected chi connectivity index (χ2v) is 4.49. The molecule has 18 heavy (non-hydrogen) atoms. The predicted molar refractivity (Wildman–Crippen MR) is 72.3 cm³/mol. The molecule has 0 aromatic heterocycles. The summed E-state index contributed by atoms with van der Waals surface area (Å²) in [6.07, 6.45) is 2.26. The van der Waals surface area contributed by atoms with Crippen molar-refractivity contribution in [1.82, 2.24) is 5.32 Å². The quantitative estimate of drug-likeness (QED) is 0.776. The fourth-order valence-electron chi connectivity index (χ4n) is 1.62. The third kappa shape index (κ3) is 5.68. The van der Waals surface area contributed by atoms with Crippen molar-refractivity contribution in [2.45, 2.75) is 38.8 Å². The Morgan fingerprint density at radius 2 is 2.06 bits per heavy atom. The molecule has 3 N–H and O–H groups in total. The number of nitrogens with one attached hydrogen (secondary N) is 1. The van der Waals surface area contributed by atoms with Crippen molar-refractivity contribution in [2.75, 3.05) is 7.11 Å². The average Bonchev–Trinajstić information content (AvgIpc) is 2.36. The van der Waals surface area contributed by atoms with Gasteiger partial charge in [-0.1, -0.05) is 12.1 Å². The maximum atomic E-state index is 11.5. The summed E-state index contributed by atoms with van der Waals surface area (Å²) in [5.41, 5.74) is 6.69. The van der Waals surface area contributed by atoms with E-state index in [0.717, 1.165) is 24.2 Å². The average molecular weight is 250 g/mol. The van der Waals surface area contributed by atoms with Crippen LogP contribution in [0.2, 0.25) is 0 Å². The largest absolute Gasteiger partial charge is 0.497 e. The number of amides is 1. The van der Waals surface area contributed by atoms with E-state index in [1.54, 1.807) is 7.11 Å². The minimum absolute atomic E-state index is 0.0754. The molecule has 0 aliphatic heterocycles. The number of benzene rings is 1. The van der Waals surface area contributed by atoms with Gasteiger partial charge in [0, 0.05) is 19.0 Å². The zero-order chi connectivity index (χ0) is 13.4. The first kappa shape index (κ1) is 14.5. The summed E-state index contributed by atoms with van der Waals surface area (Å²) in [4.78, 5) is 11.5. The van der Waals surface area contributed by atoms with Crippen LogP contribution in [0, 0.1) is 0 Å². The maximum absolute atomic E-state index is 11.5. The fourth-order valence-corrected chi connectivity index (χ4v) is 1.62. The van der Waals surface area contributed by atoms with E-state index in [2.05, 4.69) is 5.32 Å². The lowest BCUT2D eigenvalue weighted by atomic mass is 10.1. The van der Waals surface area contributed by atoms with E-state index in [1.165, 1.54) is 0 Å². The highest BCUT2D eigenvalue weighted by atomic mass is 16.5. The van der Waals surface area contributed by atoms with Crippen LogP contribution in [0.5, 0.6) is 5.75 Å². The maximum Gasteiger partial charge on any atom is 0.220 e. The first-order valence-electron chi connectivity index (χ1n) is 6.27. The van der Waals surface area contributed by atoms with Crippen molar-refractivity contribution in [3.8, 4) is 5.75 Å². The minimum Gasteiger partial charge on any atom is -0.497 e. The normalized spacial score (nSPS) is 11.9. The van der Waals surface area contributed by atoms with Gasteiger partial charge in [-0.05, 0) is 37.5 Å². The van der Waals surface area contributed by atoms with Crippen molar-refractivity contribution in [1.29, 1.82) is 0 Å². The Labute approximate surface area is 109 Å². The summed E-state index contributed by atoms with van der Waals surface area (Å²) in [5, 5.41) is 2.89. The van der Waals surface area contributed by atoms with Crippen LogP contribution in [0.25, 0.3) is 0 Å². The Kier molecular flexibility index (Phi) is 6.22. The van der Waals surface area contributed by atoms with Crippen molar-refractivity contribution in [2.24, 2.45) is 5.73 Å². The van der Waals surface area contributed by atoms with Gasteiger partial charge in [0.15, 0.2) is 0 Å². The summed E-state index contributed by atoms with van der Waals surface area (Å²) in [6.45, 7) is 2.51. The van der Waals surface area contributed by atoms with Crippen LogP contribution in [0.4, 0.5) is 0 Å². The molecule has 4 nitrogen and oxygen atoms in total. The van der Waals surface area contributed by atoms with Crippen LogP contribution < -0.4 is 15.8 Å². The van der Waals surface area contributed by atoms with Gasteiger partial charge in [-0.3, -0.25) is 4.79 Å². The van der Waals surface area contributed by atoms with E-state index in [4.69, 9.17) is 10.5 Å². The highest BCUT2D eigenvalue weighted by molar-refractivity contribution is 5.75. The molecule has 0 bridgehead atoms. The zero-order valence-electron chi connectivity index (χ0n) is 11.1. The summed E-state index contributed by atoms with van der Waals surface area (Å²) in [5.74, 6) is 0.897. The lowest BCUT2D eigenvalue weighted by molar-refractivity contribution is -0.121. The van der Waals surface area contributed by atoms with Crippen LogP contribution in [0.15, 0.2) is 24.3 Å². The second-order valence-electron chi connectivity index (χ2n) is 4.49. The molecule has 0 radical (unpaired) electrons. The Hall–Kier alpha value is -1.55. The Morgan fingerprint density at radius 1 is 1.39 bits per heavy atom. The molecule has 0 aliphatic carbocycles. The lowest BCUT2D eigenvalue weighted by Crippen LogP contribution is -2.23. The van der Waals surface area contributed by atoms with Gasteiger partial charge in [0.1, 0.15) is 5.75 Å². The van der Waals surface area contributed by atoms with Crippen LogP contribution >= 0.6 is 0 Å². The number of nitrogens with two attached hydrogens (primary N) is 1. The standard InChI is InChI=1S/C14H22N2O2/c1-11(15)4-3-5-14(17)16-10-12-6-8-13(18-2)9-7-12/h6-9,11H,3-5,10,15H2,1-2H3,(H,16,17). The molecule has 100 valence electrons. The number of methoxy groups -OCH3 is 1. The highest BCUT2D eigenvalue weighted by Crippen LogP contribution is 2.11. The van der Waals surface area contributed by atoms with Gasteiger partial charge in [-0.2, -0.15) is 0 Å². The van der Waals surface area contributed by atoms with Gasteiger partial charge in [0.05, 0.1) is 7.11 Å². The Bertz CT molecular complexity index is 361. The minimum atomic E-state index is 0.0754. The SMILES string of the molecule is COc1ccc(CNC(=O)CCCC(C)N)cc1. The fraction of sp³-hybridized carbons (Fsp3) is 0.500. The lowest BCUT2D eigenvalue weighted by Gasteiger charge is -2.07. The van der Waals surface area contributed by atoms with Gasteiger partial charge in [0.2, 0.25) is 5.91 Å². The summed E-state index contributed by atoms with van der Waals surface area (Å²) < 4.78 is 5.07. The van der Waals surface area contributed by atoms with Crippen LogP contribution in [0.1, 0.15) is 31.7 Å². The molecule has 0 saturated heterocycles. The molecule has 0 spiro atoms. The van der Waals surface area contributed by atoms with E-state index in [1.807, 2.05) is 31.2 Å². The molecule has 0 fully saturated rings. The third-order valence-corrected chi connectivity index (χ3v) is 2.71. The summed E-state index contributed by atoms with van der Waals surface area (Å²) in [7, 11) is 1.63. The zero-order valence-corrected chi connectivity index (χ0v) is 11.1. The van der Waals surface area contributed by atoms with Crippen molar-refractivity contribution in [3.05, 3.63) is 29.8 Å². The molecule has 0 aliphatic rings. The molecule has 1 rings (SSSR count). The molecule has 1 aromatic rings. The predicted octanol–water partition coefficient (Wildman–Crippen LogP) is 1.83. The number of hydrogen-bond donors (Lipinski definition) is 2. The van der Waals surface area contributed by atoms with Crippen LogP contribution in [0.3, 0.4) is 0 Å². The number of hydrogen-bond acceptors (Lipinski definition) is 3. The number of rotatable bonds is 7. The van der Waals surface area contributed by atoms with E-state index >= 15 is 0 Å². The van der Waals surface area contributed by atoms with Crippen molar-refractivity contribution < 1.29 is 9.53 Å². The van der Waals surface area contributed by atoms with Gasteiger partial charge >= 0.3 is 0 Å². The number of carbonyl (C=O) groups is 1. The van der Waals surface area contributed by atoms with Gasteiger partial charge < -0.3 is 15.8 Å². The van der Waals surface area contributed by atoms with Gasteiger partial charge in [0.25, 0.3) is 0 Å². The molecule has 4 heteroatoms. The molecule has 1 unspecified atom stereocenters. The molecule has 1 atom stereocenters. The Morgan fingerprint density at radius 3 is 2.61 bits per heavy atom. The van der Waals surface area contributed by atoms with E-state index in [9.17, 15) is 4.79 Å². The molecule has 0 heterocycles. The highest BCUT2D eigenvalue weighted by Gasteiger charge is 2.02. The third-order valence-electron chi connectivity index (χ3n) is 2.71. The Balaban J connectivity index is 2.24. The van der Waals surface area contributed by atoms with Crippen LogP contribution in [-0.2, 0) is 11.3 Å². The molecular formula is C14H22N2O2. The topological polar surface area (TPSA) is 64.3 Å². The smallest absolute Gasteiger partial charge is 0.220 e. The number of ether oxygens (including phenoxy) is 1.